The lowest BCUT2D eigenvalue weighted by Crippen LogP contribution is -2.73. The summed E-state index contributed by atoms with van der Waals surface area (Å²) in [5.74, 6) is -7.34. The minimum Gasteiger partial charge on any atom is -0.507 e. The summed E-state index contributed by atoms with van der Waals surface area (Å²) in [5.41, 5.74) is 4.27. The van der Waals surface area contributed by atoms with E-state index in [1.165, 1.54) is 6.07 Å². The molecule has 3 aliphatic carbocycles. The molecule has 2 saturated carbocycles. The molecule has 184 valence electrons. The number of aliphatic hydroxyl groups is 3. The van der Waals surface area contributed by atoms with Gasteiger partial charge in [0.25, 0.3) is 0 Å². The fourth-order valence-electron chi connectivity index (χ4n) is 6.16. The third-order valence-corrected chi connectivity index (χ3v) is 7.56. The molecule has 0 heterocycles. The minimum atomic E-state index is -2.64. The van der Waals surface area contributed by atoms with Crippen LogP contribution in [0.3, 0.4) is 0 Å². The summed E-state index contributed by atoms with van der Waals surface area (Å²) in [6.07, 6.45) is -1.09. The number of aromatic hydroxyl groups is 1. The number of amides is 1. The standard InChI is InChI=1S/C24H31N3O7/c1-26(2)9-10-5-6-14(28)16-12(10)7-11-8-13-18(27(3)4)20(30)17(23(25)33)22(32)24(13,34)21(31)15(11)19(16)29/h5-6,11,13,17-18,20,28-30,34H,7-9H2,1-4H3,(H2,25,33)/t11-,13-,17?,18+,20?,24-/m0/s1. The van der Waals surface area contributed by atoms with Crippen molar-refractivity contribution in [2.75, 3.05) is 28.2 Å². The number of phenolic OH excluding ortho intramolecular Hbond substituents is 1. The predicted octanol–water partition coefficient (Wildman–Crippen LogP) is -0.809. The van der Waals surface area contributed by atoms with Crippen LogP contribution in [-0.2, 0) is 27.3 Å². The number of Topliss-reactive ketones (excluding diaryl/α,β-unsaturated/α-hetero) is 2. The number of ketones is 2. The number of phenols is 1. The molecule has 3 aliphatic rings. The van der Waals surface area contributed by atoms with Crippen molar-refractivity contribution >= 4 is 23.2 Å². The van der Waals surface area contributed by atoms with Crippen LogP contribution in [0.15, 0.2) is 17.7 Å². The molecule has 2 fully saturated rings. The molecule has 34 heavy (non-hydrogen) atoms. The Bertz CT molecular complexity index is 1110. The topological polar surface area (TPSA) is 165 Å². The van der Waals surface area contributed by atoms with Gasteiger partial charge >= 0.3 is 0 Å². The number of fused-ring (bicyclic) bond motifs is 3. The highest BCUT2D eigenvalue weighted by Gasteiger charge is 2.67. The van der Waals surface area contributed by atoms with Crippen molar-refractivity contribution in [3.63, 3.8) is 0 Å². The number of nitrogens with two attached hydrogens (primary N) is 1. The van der Waals surface area contributed by atoms with Crippen molar-refractivity contribution in [3.8, 4) is 5.75 Å². The molecule has 6 N–H and O–H groups in total. The van der Waals surface area contributed by atoms with Gasteiger partial charge in [-0.2, -0.15) is 0 Å². The summed E-state index contributed by atoms with van der Waals surface area (Å²) in [4.78, 5) is 42.6. The molecule has 2 unspecified atom stereocenters. The SMILES string of the molecule is CN(C)Cc1ccc(O)c2c1C[C@H]1C[C@H]3[C@@H](N(C)C)C(O)C(C(N)=O)C(=O)[C@@]3(O)C(=O)C1=C2O. The third kappa shape index (κ3) is 3.28. The van der Waals surface area contributed by atoms with Crippen LogP contribution in [0.4, 0.5) is 0 Å². The lowest BCUT2D eigenvalue weighted by Gasteiger charge is -2.53. The average molecular weight is 474 g/mol. The van der Waals surface area contributed by atoms with E-state index in [1.807, 2.05) is 19.0 Å². The van der Waals surface area contributed by atoms with Crippen LogP contribution in [0, 0.1) is 17.8 Å². The number of hydrogen-bond acceptors (Lipinski definition) is 9. The highest BCUT2D eigenvalue weighted by atomic mass is 16.3. The van der Waals surface area contributed by atoms with Gasteiger partial charge in [0.15, 0.2) is 11.4 Å². The molecular formula is C24H31N3O7. The van der Waals surface area contributed by atoms with Crippen LogP contribution in [-0.4, -0.2) is 93.6 Å². The summed E-state index contributed by atoms with van der Waals surface area (Å²) in [7, 11) is 7.02. The summed E-state index contributed by atoms with van der Waals surface area (Å²) < 4.78 is 0. The van der Waals surface area contributed by atoms with Crippen molar-refractivity contribution in [1.82, 2.24) is 9.80 Å². The Kier molecular flexibility index (Phi) is 5.84. The summed E-state index contributed by atoms with van der Waals surface area (Å²) in [6, 6.07) is 2.30. The van der Waals surface area contributed by atoms with Gasteiger partial charge in [-0.15, -0.1) is 0 Å². The first-order valence-electron chi connectivity index (χ1n) is 11.2. The number of benzene rings is 1. The fourth-order valence-corrected chi connectivity index (χ4v) is 6.16. The van der Waals surface area contributed by atoms with Gasteiger partial charge in [-0.1, -0.05) is 6.07 Å². The Morgan fingerprint density at radius 3 is 2.38 bits per heavy atom. The molecule has 0 aromatic heterocycles. The Labute approximate surface area is 197 Å². The maximum Gasteiger partial charge on any atom is 0.230 e. The van der Waals surface area contributed by atoms with Gasteiger partial charge in [0.1, 0.15) is 17.4 Å². The van der Waals surface area contributed by atoms with E-state index in [1.54, 1.807) is 25.1 Å². The van der Waals surface area contributed by atoms with E-state index in [-0.39, 0.29) is 23.3 Å². The normalized spacial score (nSPS) is 33.1. The second-order valence-corrected chi connectivity index (χ2v) is 10.1. The molecule has 0 spiro atoms. The van der Waals surface area contributed by atoms with E-state index in [0.717, 1.165) is 5.56 Å². The molecule has 10 heteroatoms. The first kappa shape index (κ1) is 24.3. The number of primary amides is 1. The Morgan fingerprint density at radius 1 is 1.18 bits per heavy atom. The monoisotopic (exact) mass is 473 g/mol. The van der Waals surface area contributed by atoms with Crippen LogP contribution < -0.4 is 5.73 Å². The predicted molar refractivity (Wildman–Crippen MR) is 121 cm³/mol. The van der Waals surface area contributed by atoms with Crippen molar-refractivity contribution < 1.29 is 34.8 Å². The van der Waals surface area contributed by atoms with Crippen LogP contribution >= 0.6 is 0 Å². The summed E-state index contributed by atoms with van der Waals surface area (Å²) in [6.45, 7) is 0.539. The van der Waals surface area contributed by atoms with Crippen LogP contribution in [0.5, 0.6) is 5.75 Å². The number of rotatable bonds is 4. The molecule has 1 aromatic carbocycles. The first-order chi connectivity index (χ1) is 15.8. The van der Waals surface area contributed by atoms with Gasteiger partial charge in [-0.25, -0.2) is 0 Å². The number of hydrogen-bond donors (Lipinski definition) is 5. The second kappa shape index (κ2) is 8.16. The zero-order chi connectivity index (χ0) is 25.3. The number of likely N-dealkylation sites (N-methyl/N-ethyl adjacent to an activating group) is 1. The zero-order valence-electron chi connectivity index (χ0n) is 19.6. The van der Waals surface area contributed by atoms with E-state index in [2.05, 4.69) is 0 Å². The van der Waals surface area contributed by atoms with Crippen LogP contribution in [0.2, 0.25) is 0 Å². The van der Waals surface area contributed by atoms with Crippen molar-refractivity contribution in [3.05, 3.63) is 34.4 Å². The highest BCUT2D eigenvalue weighted by Crippen LogP contribution is 2.52. The highest BCUT2D eigenvalue weighted by molar-refractivity contribution is 6.25. The van der Waals surface area contributed by atoms with Gasteiger partial charge in [-0.05, 0) is 64.1 Å². The molecule has 0 radical (unpaired) electrons. The largest absolute Gasteiger partial charge is 0.507 e. The van der Waals surface area contributed by atoms with Crippen molar-refractivity contribution in [2.45, 2.75) is 37.1 Å². The molecule has 1 amide bonds. The minimum absolute atomic E-state index is 0.106. The van der Waals surface area contributed by atoms with Gasteiger partial charge in [0.2, 0.25) is 11.7 Å². The maximum atomic E-state index is 13.7. The smallest absolute Gasteiger partial charge is 0.230 e. The molecule has 1 aromatic rings. The van der Waals surface area contributed by atoms with Crippen LogP contribution in [0.25, 0.3) is 5.76 Å². The van der Waals surface area contributed by atoms with E-state index < -0.39 is 58.7 Å². The number of aliphatic hydroxyl groups excluding tert-OH is 2. The number of carbonyl (C=O) groups excluding carboxylic acids is 3. The number of carbonyl (C=O) groups is 3. The second-order valence-electron chi connectivity index (χ2n) is 10.1. The van der Waals surface area contributed by atoms with E-state index in [4.69, 9.17) is 5.73 Å². The number of nitrogens with zero attached hydrogens (tertiary/aromatic N) is 2. The average Bonchev–Trinajstić information content (AvgIpc) is 2.72. The van der Waals surface area contributed by atoms with E-state index >= 15 is 0 Å². The molecule has 0 saturated heterocycles. The Morgan fingerprint density at radius 2 is 1.82 bits per heavy atom. The fraction of sp³-hybridized carbons (Fsp3) is 0.542. The molecule has 4 rings (SSSR count). The van der Waals surface area contributed by atoms with Gasteiger partial charge in [0.05, 0.1) is 11.7 Å². The zero-order valence-corrected chi connectivity index (χ0v) is 19.6. The Hall–Kier alpha value is -2.79. The molecule has 10 nitrogen and oxygen atoms in total. The van der Waals surface area contributed by atoms with E-state index in [0.29, 0.717) is 18.5 Å². The van der Waals surface area contributed by atoms with Gasteiger partial charge < -0.3 is 36.0 Å². The lowest BCUT2D eigenvalue weighted by atomic mass is 9.54. The molecular weight excluding hydrogens is 442 g/mol. The molecule has 0 bridgehead atoms. The van der Waals surface area contributed by atoms with Crippen molar-refractivity contribution in [2.24, 2.45) is 23.5 Å². The Balaban J connectivity index is 1.91. The van der Waals surface area contributed by atoms with Crippen LogP contribution in [0.1, 0.15) is 23.1 Å². The van der Waals surface area contributed by atoms with Gasteiger partial charge in [-0.3, -0.25) is 14.4 Å². The molecule has 6 atom stereocenters. The summed E-state index contributed by atoms with van der Waals surface area (Å²) in [5, 5.41) is 44.1. The molecule has 0 aliphatic heterocycles. The summed E-state index contributed by atoms with van der Waals surface area (Å²) >= 11 is 0. The van der Waals surface area contributed by atoms with Crippen molar-refractivity contribution in [1.29, 1.82) is 0 Å². The third-order valence-electron chi connectivity index (χ3n) is 7.56. The van der Waals surface area contributed by atoms with E-state index in [9.17, 15) is 34.8 Å². The lowest BCUT2D eigenvalue weighted by molar-refractivity contribution is -0.184. The van der Waals surface area contributed by atoms with Gasteiger partial charge in [0, 0.05) is 24.1 Å². The quantitative estimate of drug-likeness (QED) is 0.352. The first-order valence-corrected chi connectivity index (χ1v) is 11.2. The maximum absolute atomic E-state index is 13.7.